The van der Waals surface area contributed by atoms with Crippen LogP contribution in [0.3, 0.4) is 0 Å². The number of cyclic esters (lactones) is 1. The molecule has 1 unspecified atom stereocenters. The highest BCUT2D eigenvalue weighted by molar-refractivity contribution is 5.96. The maximum absolute atomic E-state index is 12.3. The molecule has 0 spiro atoms. The van der Waals surface area contributed by atoms with E-state index in [-0.39, 0.29) is 25.5 Å². The summed E-state index contributed by atoms with van der Waals surface area (Å²) < 4.78 is 10.5. The minimum absolute atomic E-state index is 0.0462. The van der Waals surface area contributed by atoms with Gasteiger partial charge in [0.15, 0.2) is 0 Å². The van der Waals surface area contributed by atoms with E-state index < -0.39 is 24.2 Å². The van der Waals surface area contributed by atoms with Gasteiger partial charge in [-0.05, 0) is 47.5 Å². The van der Waals surface area contributed by atoms with Gasteiger partial charge in [-0.2, -0.15) is 0 Å². The number of ether oxygens (including phenoxy) is 2. The van der Waals surface area contributed by atoms with Gasteiger partial charge in [-0.3, -0.25) is 10.3 Å². The Morgan fingerprint density at radius 2 is 1.69 bits per heavy atom. The third-order valence-corrected chi connectivity index (χ3v) is 5.45. The second kappa shape index (κ2) is 11.0. The molecule has 0 aromatic heterocycles. The van der Waals surface area contributed by atoms with Crippen LogP contribution in [-0.4, -0.2) is 36.6 Å². The lowest BCUT2D eigenvalue weighted by Gasteiger charge is -2.14. The highest BCUT2D eigenvalue weighted by Crippen LogP contribution is 2.23. The molecule has 0 saturated carbocycles. The molecule has 4 rings (SSSR count). The number of nitrogens with two attached hydrogens (primary N) is 1. The van der Waals surface area contributed by atoms with E-state index in [4.69, 9.17) is 20.6 Å². The lowest BCUT2D eigenvalue weighted by atomic mass is 10.2. The monoisotopic (exact) mass is 487 g/mol. The van der Waals surface area contributed by atoms with E-state index in [1.807, 2.05) is 30.3 Å². The van der Waals surface area contributed by atoms with Gasteiger partial charge in [0.2, 0.25) is 6.10 Å². The lowest BCUT2D eigenvalue weighted by Crippen LogP contribution is -2.29. The van der Waals surface area contributed by atoms with Crippen LogP contribution < -0.4 is 21.3 Å². The first-order valence-corrected chi connectivity index (χ1v) is 11.2. The molecule has 1 aliphatic heterocycles. The molecule has 184 valence electrons. The van der Waals surface area contributed by atoms with Gasteiger partial charge < -0.3 is 25.8 Å². The number of urea groups is 1. The highest BCUT2D eigenvalue weighted by Gasteiger charge is 2.38. The Labute approximate surface area is 207 Å². The molecule has 1 atom stereocenters. The van der Waals surface area contributed by atoms with E-state index in [9.17, 15) is 14.4 Å². The molecule has 1 heterocycles. The first-order chi connectivity index (χ1) is 17.4. The maximum Gasteiger partial charge on any atom is 0.415 e. The van der Waals surface area contributed by atoms with Crippen molar-refractivity contribution in [1.29, 1.82) is 5.41 Å². The first-order valence-electron chi connectivity index (χ1n) is 11.2. The molecule has 1 fully saturated rings. The van der Waals surface area contributed by atoms with Gasteiger partial charge >= 0.3 is 18.1 Å². The minimum atomic E-state index is -1.00. The summed E-state index contributed by atoms with van der Waals surface area (Å²) in [7, 11) is 0. The van der Waals surface area contributed by atoms with Gasteiger partial charge in [0, 0.05) is 23.5 Å². The van der Waals surface area contributed by atoms with Crippen molar-refractivity contribution in [2.75, 3.05) is 16.8 Å². The van der Waals surface area contributed by atoms with Crippen molar-refractivity contribution in [3.8, 4) is 0 Å². The zero-order valence-corrected chi connectivity index (χ0v) is 19.3. The summed E-state index contributed by atoms with van der Waals surface area (Å²) in [5.74, 6) is -0.646. The number of carbonyl (C=O) groups excluding carboxylic acids is 3. The van der Waals surface area contributed by atoms with Crippen LogP contribution in [0.5, 0.6) is 0 Å². The number of hydrogen-bond donors (Lipinski definition) is 4. The van der Waals surface area contributed by atoms with Crippen molar-refractivity contribution in [3.63, 3.8) is 0 Å². The number of amidine groups is 1. The molecule has 1 aliphatic rings. The third-order valence-electron chi connectivity index (χ3n) is 5.45. The number of rotatable bonds is 8. The summed E-state index contributed by atoms with van der Waals surface area (Å²) in [6, 6.07) is 22.4. The number of nitrogens with one attached hydrogen (secondary N) is 3. The third kappa shape index (κ3) is 6.17. The van der Waals surface area contributed by atoms with E-state index in [0.29, 0.717) is 16.9 Å². The fourth-order valence-electron chi connectivity index (χ4n) is 3.50. The number of esters is 1. The molecule has 3 amide bonds. The number of amides is 3. The van der Waals surface area contributed by atoms with Crippen LogP contribution in [0.1, 0.15) is 16.7 Å². The predicted octanol–water partition coefficient (Wildman–Crippen LogP) is 3.36. The Kier molecular flexibility index (Phi) is 7.45. The van der Waals surface area contributed by atoms with Crippen molar-refractivity contribution in [2.45, 2.75) is 19.3 Å². The maximum atomic E-state index is 12.3. The molecule has 0 aliphatic carbocycles. The average Bonchev–Trinajstić information content (AvgIpc) is 3.29. The zero-order valence-electron chi connectivity index (χ0n) is 19.3. The van der Waals surface area contributed by atoms with Crippen LogP contribution in [0.15, 0.2) is 78.9 Å². The van der Waals surface area contributed by atoms with Crippen LogP contribution in [0.2, 0.25) is 0 Å². The Morgan fingerprint density at radius 3 is 2.36 bits per heavy atom. The highest BCUT2D eigenvalue weighted by atomic mass is 16.6. The molecule has 5 N–H and O–H groups in total. The van der Waals surface area contributed by atoms with Crippen molar-refractivity contribution in [3.05, 3.63) is 95.6 Å². The molecule has 36 heavy (non-hydrogen) atoms. The molecule has 3 aromatic rings. The summed E-state index contributed by atoms with van der Waals surface area (Å²) in [4.78, 5) is 38.2. The standard InChI is InChI=1S/C26H25N5O5/c27-23(28)19-8-10-20(11-9-19)30-25(33)29-14-17-6-12-21(13-7-17)31-15-22(36-26(31)34)24(32)35-16-18-4-2-1-3-5-18/h1-13,22H,14-16H2,(H3,27,28)(H2,29,30,33). The van der Waals surface area contributed by atoms with Crippen molar-refractivity contribution in [1.82, 2.24) is 5.32 Å². The van der Waals surface area contributed by atoms with E-state index in [1.54, 1.807) is 48.5 Å². The number of carbonyl (C=O) groups is 3. The second-order valence-corrected chi connectivity index (χ2v) is 8.04. The fraction of sp³-hybridized carbons (Fsp3) is 0.154. The van der Waals surface area contributed by atoms with E-state index in [0.717, 1.165) is 11.1 Å². The predicted molar refractivity (Wildman–Crippen MR) is 134 cm³/mol. The van der Waals surface area contributed by atoms with E-state index >= 15 is 0 Å². The van der Waals surface area contributed by atoms with Crippen molar-refractivity contribution in [2.24, 2.45) is 5.73 Å². The number of hydrogen-bond acceptors (Lipinski definition) is 6. The van der Waals surface area contributed by atoms with Gasteiger partial charge in [0.1, 0.15) is 12.4 Å². The number of anilines is 2. The summed E-state index contributed by atoms with van der Waals surface area (Å²) in [5.41, 5.74) is 8.78. The molecular formula is C26H25N5O5. The van der Waals surface area contributed by atoms with Crippen LogP contribution in [0, 0.1) is 5.41 Å². The van der Waals surface area contributed by atoms with E-state index in [1.165, 1.54) is 4.90 Å². The van der Waals surface area contributed by atoms with Gasteiger partial charge in [0.05, 0.1) is 6.54 Å². The number of nitrogens with zero attached hydrogens (tertiary/aromatic N) is 1. The van der Waals surface area contributed by atoms with Crippen LogP contribution in [0.25, 0.3) is 0 Å². The average molecular weight is 488 g/mol. The van der Waals surface area contributed by atoms with Gasteiger partial charge in [-0.15, -0.1) is 0 Å². The summed E-state index contributed by atoms with van der Waals surface area (Å²) in [5, 5.41) is 12.8. The molecule has 0 radical (unpaired) electrons. The Bertz CT molecular complexity index is 1250. The fourth-order valence-corrected chi connectivity index (χ4v) is 3.50. The minimum Gasteiger partial charge on any atom is -0.458 e. The molecule has 1 saturated heterocycles. The SMILES string of the molecule is N=C(N)c1ccc(NC(=O)NCc2ccc(N3CC(C(=O)OCc4ccccc4)OC3=O)cc2)cc1. The molecule has 3 aromatic carbocycles. The summed E-state index contributed by atoms with van der Waals surface area (Å²) >= 11 is 0. The summed E-state index contributed by atoms with van der Waals surface area (Å²) in [6.45, 7) is 0.415. The van der Waals surface area contributed by atoms with Crippen LogP contribution >= 0.6 is 0 Å². The number of benzene rings is 3. The molecule has 10 heteroatoms. The second-order valence-electron chi connectivity index (χ2n) is 8.04. The molecule has 10 nitrogen and oxygen atoms in total. The lowest BCUT2D eigenvalue weighted by molar-refractivity contribution is -0.152. The first kappa shape index (κ1) is 24.3. The zero-order chi connectivity index (χ0) is 25.5. The number of nitrogen functional groups attached to an aromatic ring is 1. The van der Waals surface area contributed by atoms with E-state index in [2.05, 4.69) is 10.6 Å². The summed E-state index contributed by atoms with van der Waals surface area (Å²) in [6.07, 6.45) is -1.63. The smallest absolute Gasteiger partial charge is 0.415 e. The van der Waals surface area contributed by atoms with Crippen LogP contribution in [0.4, 0.5) is 21.0 Å². The van der Waals surface area contributed by atoms with Crippen molar-refractivity contribution < 1.29 is 23.9 Å². The van der Waals surface area contributed by atoms with Crippen LogP contribution in [-0.2, 0) is 27.4 Å². The Hall–Kier alpha value is -4.86. The topological polar surface area (TPSA) is 147 Å². The normalized spacial score (nSPS) is 14.6. The van der Waals surface area contributed by atoms with Gasteiger partial charge in [0.25, 0.3) is 0 Å². The quantitative estimate of drug-likeness (QED) is 0.218. The Morgan fingerprint density at radius 1 is 1.00 bits per heavy atom. The molecular weight excluding hydrogens is 462 g/mol. The largest absolute Gasteiger partial charge is 0.458 e. The van der Waals surface area contributed by atoms with Gasteiger partial charge in [-0.25, -0.2) is 14.4 Å². The Balaban J connectivity index is 1.25. The molecule has 0 bridgehead atoms. The van der Waals surface area contributed by atoms with Gasteiger partial charge in [-0.1, -0.05) is 42.5 Å². The van der Waals surface area contributed by atoms with Crippen molar-refractivity contribution >= 4 is 35.3 Å².